The first-order valence-electron chi connectivity index (χ1n) is 4.64. The van der Waals surface area contributed by atoms with E-state index in [1.54, 1.807) is 6.20 Å². The summed E-state index contributed by atoms with van der Waals surface area (Å²) in [4.78, 5) is 9.78. The standard InChI is InChI=1S/C10H8FN3O3/c1-17-10-3-9(14(15)16)8(11)2-7(10)6-4-12-13-5-6/h2-5H,1H3,(H,12,13). The molecule has 0 saturated carbocycles. The number of benzene rings is 1. The molecule has 6 nitrogen and oxygen atoms in total. The van der Waals surface area contributed by atoms with Gasteiger partial charge in [-0.2, -0.15) is 9.49 Å². The van der Waals surface area contributed by atoms with E-state index in [9.17, 15) is 14.5 Å². The molecule has 0 saturated heterocycles. The van der Waals surface area contributed by atoms with Gasteiger partial charge in [-0.1, -0.05) is 0 Å². The molecule has 1 aromatic heterocycles. The second-order valence-corrected chi connectivity index (χ2v) is 3.25. The molecule has 17 heavy (non-hydrogen) atoms. The number of aromatic nitrogens is 2. The highest BCUT2D eigenvalue weighted by Crippen LogP contribution is 2.34. The maximum Gasteiger partial charge on any atom is 0.308 e. The lowest BCUT2D eigenvalue weighted by molar-refractivity contribution is -0.387. The van der Waals surface area contributed by atoms with Crippen molar-refractivity contribution < 1.29 is 14.1 Å². The molecule has 0 aliphatic heterocycles. The SMILES string of the molecule is COc1cc([N+](=O)[O-])c(F)cc1-c1cn[nH]c1. The summed E-state index contributed by atoms with van der Waals surface area (Å²) in [6, 6.07) is 2.11. The maximum atomic E-state index is 13.5. The number of nitro benzene ring substituents is 1. The average molecular weight is 237 g/mol. The van der Waals surface area contributed by atoms with Crippen molar-refractivity contribution in [3.63, 3.8) is 0 Å². The van der Waals surface area contributed by atoms with Gasteiger partial charge < -0.3 is 4.74 Å². The summed E-state index contributed by atoms with van der Waals surface area (Å²) < 4.78 is 18.5. The van der Waals surface area contributed by atoms with E-state index in [1.807, 2.05) is 0 Å². The quantitative estimate of drug-likeness (QED) is 0.654. The minimum atomic E-state index is -0.910. The lowest BCUT2D eigenvalue weighted by Crippen LogP contribution is -1.96. The molecule has 1 aromatic carbocycles. The number of ether oxygens (including phenoxy) is 1. The van der Waals surface area contributed by atoms with Crippen LogP contribution >= 0.6 is 0 Å². The minimum absolute atomic E-state index is 0.222. The zero-order valence-electron chi connectivity index (χ0n) is 8.81. The first kappa shape index (κ1) is 11.1. The van der Waals surface area contributed by atoms with E-state index in [0.717, 1.165) is 12.1 Å². The topological polar surface area (TPSA) is 81.1 Å². The smallest absolute Gasteiger partial charge is 0.308 e. The Hall–Kier alpha value is -2.44. The van der Waals surface area contributed by atoms with Gasteiger partial charge in [0.05, 0.1) is 24.3 Å². The number of nitrogens with zero attached hydrogens (tertiary/aromatic N) is 2. The summed E-state index contributed by atoms with van der Waals surface area (Å²) in [5, 5.41) is 16.9. The number of halogens is 1. The molecule has 0 amide bonds. The Kier molecular flexibility index (Phi) is 2.73. The summed E-state index contributed by atoms with van der Waals surface area (Å²) >= 11 is 0. The fourth-order valence-corrected chi connectivity index (χ4v) is 1.48. The number of nitrogens with one attached hydrogen (secondary N) is 1. The molecular formula is C10H8FN3O3. The van der Waals surface area contributed by atoms with Crippen LogP contribution in [0.2, 0.25) is 0 Å². The van der Waals surface area contributed by atoms with Crippen LogP contribution in [-0.4, -0.2) is 22.2 Å². The van der Waals surface area contributed by atoms with Gasteiger partial charge in [0.1, 0.15) is 5.75 Å². The normalized spacial score (nSPS) is 10.2. The van der Waals surface area contributed by atoms with E-state index in [-0.39, 0.29) is 5.75 Å². The second kappa shape index (κ2) is 4.20. The number of methoxy groups -OCH3 is 1. The summed E-state index contributed by atoms with van der Waals surface area (Å²) in [5.41, 5.74) is 0.383. The molecule has 1 heterocycles. The van der Waals surface area contributed by atoms with E-state index < -0.39 is 16.4 Å². The monoisotopic (exact) mass is 237 g/mol. The van der Waals surface area contributed by atoms with Crippen LogP contribution < -0.4 is 4.74 Å². The Morgan fingerprint density at radius 1 is 1.53 bits per heavy atom. The molecule has 0 radical (unpaired) electrons. The fraction of sp³-hybridized carbons (Fsp3) is 0.100. The molecular weight excluding hydrogens is 229 g/mol. The largest absolute Gasteiger partial charge is 0.496 e. The van der Waals surface area contributed by atoms with Crippen LogP contribution in [0.4, 0.5) is 10.1 Å². The molecule has 2 aromatic rings. The summed E-state index contributed by atoms with van der Waals surface area (Å²) in [6.07, 6.45) is 3.02. The third kappa shape index (κ3) is 1.94. The van der Waals surface area contributed by atoms with Gasteiger partial charge in [0.25, 0.3) is 0 Å². The van der Waals surface area contributed by atoms with Crippen molar-refractivity contribution in [3.05, 3.63) is 40.5 Å². The lowest BCUT2D eigenvalue weighted by Gasteiger charge is -2.06. The minimum Gasteiger partial charge on any atom is -0.496 e. The van der Waals surface area contributed by atoms with E-state index in [1.165, 1.54) is 13.3 Å². The lowest BCUT2D eigenvalue weighted by atomic mass is 10.1. The van der Waals surface area contributed by atoms with Crippen molar-refractivity contribution >= 4 is 5.69 Å². The second-order valence-electron chi connectivity index (χ2n) is 3.25. The number of hydrogen-bond acceptors (Lipinski definition) is 4. The van der Waals surface area contributed by atoms with Crippen molar-refractivity contribution in [1.82, 2.24) is 10.2 Å². The van der Waals surface area contributed by atoms with Crippen LogP contribution in [-0.2, 0) is 0 Å². The van der Waals surface area contributed by atoms with E-state index in [4.69, 9.17) is 4.74 Å². The first-order valence-corrected chi connectivity index (χ1v) is 4.64. The molecule has 2 rings (SSSR count). The summed E-state index contributed by atoms with van der Waals surface area (Å²) in [7, 11) is 1.36. The number of aromatic amines is 1. The van der Waals surface area contributed by atoms with Crippen LogP contribution in [0.1, 0.15) is 0 Å². The van der Waals surface area contributed by atoms with Crippen molar-refractivity contribution in [2.24, 2.45) is 0 Å². The van der Waals surface area contributed by atoms with Crippen LogP contribution in [0.5, 0.6) is 5.75 Å². The van der Waals surface area contributed by atoms with Crippen LogP contribution in [0.25, 0.3) is 11.1 Å². The molecule has 0 unspecified atom stereocenters. The van der Waals surface area contributed by atoms with Crippen molar-refractivity contribution in [2.75, 3.05) is 7.11 Å². The third-order valence-corrected chi connectivity index (χ3v) is 2.27. The Morgan fingerprint density at radius 2 is 2.29 bits per heavy atom. The highest BCUT2D eigenvalue weighted by Gasteiger charge is 2.19. The van der Waals surface area contributed by atoms with Crippen LogP contribution in [0.3, 0.4) is 0 Å². The van der Waals surface area contributed by atoms with Crippen LogP contribution in [0, 0.1) is 15.9 Å². The molecule has 0 atom stereocenters. The van der Waals surface area contributed by atoms with Gasteiger partial charge >= 0.3 is 5.69 Å². The predicted octanol–water partition coefficient (Wildman–Crippen LogP) is 2.13. The third-order valence-electron chi connectivity index (χ3n) is 2.27. The van der Waals surface area contributed by atoms with E-state index >= 15 is 0 Å². The van der Waals surface area contributed by atoms with Gasteiger partial charge in [-0.3, -0.25) is 15.2 Å². The van der Waals surface area contributed by atoms with Crippen molar-refractivity contribution in [1.29, 1.82) is 0 Å². The number of hydrogen-bond donors (Lipinski definition) is 1. The van der Waals surface area contributed by atoms with Gasteiger partial charge in [-0.05, 0) is 6.07 Å². The molecule has 0 aliphatic rings. The van der Waals surface area contributed by atoms with Gasteiger partial charge in [-0.15, -0.1) is 0 Å². The Labute approximate surface area is 95.2 Å². The average Bonchev–Trinajstić information content (AvgIpc) is 2.81. The predicted molar refractivity (Wildman–Crippen MR) is 57.2 cm³/mol. The number of nitro groups is 1. The number of rotatable bonds is 3. The molecule has 0 spiro atoms. The molecule has 0 aliphatic carbocycles. The zero-order valence-corrected chi connectivity index (χ0v) is 8.81. The fourth-order valence-electron chi connectivity index (χ4n) is 1.48. The molecule has 1 N–H and O–H groups in total. The van der Waals surface area contributed by atoms with Crippen molar-refractivity contribution in [3.8, 4) is 16.9 Å². The van der Waals surface area contributed by atoms with Gasteiger partial charge in [-0.25, -0.2) is 0 Å². The molecule has 7 heteroatoms. The number of H-pyrrole nitrogens is 1. The summed E-state index contributed by atoms with van der Waals surface area (Å²) in [5.74, 6) is -0.688. The van der Waals surface area contributed by atoms with Crippen LogP contribution in [0.15, 0.2) is 24.5 Å². The zero-order chi connectivity index (χ0) is 12.4. The van der Waals surface area contributed by atoms with Gasteiger partial charge in [0, 0.05) is 17.3 Å². The maximum absolute atomic E-state index is 13.5. The molecule has 0 bridgehead atoms. The first-order chi connectivity index (χ1) is 8.13. The van der Waals surface area contributed by atoms with Gasteiger partial charge in [0.15, 0.2) is 0 Å². The summed E-state index contributed by atoms with van der Waals surface area (Å²) in [6.45, 7) is 0. The Morgan fingerprint density at radius 3 is 2.82 bits per heavy atom. The highest BCUT2D eigenvalue weighted by atomic mass is 19.1. The molecule has 88 valence electrons. The highest BCUT2D eigenvalue weighted by molar-refractivity contribution is 5.71. The van der Waals surface area contributed by atoms with Crippen molar-refractivity contribution in [2.45, 2.75) is 0 Å². The molecule has 0 fully saturated rings. The van der Waals surface area contributed by atoms with E-state index in [0.29, 0.717) is 11.1 Å². The van der Waals surface area contributed by atoms with Gasteiger partial charge in [0.2, 0.25) is 5.82 Å². The Bertz CT molecular complexity index is 554. The Balaban J connectivity index is 2.61. The van der Waals surface area contributed by atoms with E-state index in [2.05, 4.69) is 10.2 Å².